The van der Waals surface area contributed by atoms with Gasteiger partial charge in [-0.05, 0) is 32.3 Å². The van der Waals surface area contributed by atoms with Crippen molar-refractivity contribution in [2.24, 2.45) is 4.99 Å². The van der Waals surface area contributed by atoms with Gasteiger partial charge in [-0.3, -0.25) is 9.48 Å². The van der Waals surface area contributed by atoms with Gasteiger partial charge in [0.15, 0.2) is 5.96 Å². The van der Waals surface area contributed by atoms with Crippen LogP contribution in [0.15, 0.2) is 17.4 Å². The molecule has 130 valence electrons. The van der Waals surface area contributed by atoms with Crippen LogP contribution >= 0.6 is 24.0 Å². The lowest BCUT2D eigenvalue weighted by Gasteiger charge is -2.15. The van der Waals surface area contributed by atoms with Gasteiger partial charge in [-0.1, -0.05) is 0 Å². The largest absolute Gasteiger partial charge is 0.357 e. The van der Waals surface area contributed by atoms with Gasteiger partial charge in [0, 0.05) is 32.4 Å². The molecule has 1 aromatic rings. The molecule has 1 saturated heterocycles. The maximum atomic E-state index is 12.0. The Morgan fingerprint density at radius 2 is 2.09 bits per heavy atom. The van der Waals surface area contributed by atoms with Crippen LogP contribution in [0.5, 0.6) is 0 Å². The number of carbonyl (C=O) groups is 1. The Hall–Kier alpha value is -1.32. The quantitative estimate of drug-likeness (QED) is 0.398. The minimum atomic E-state index is 0. The second kappa shape index (κ2) is 10.5. The summed E-state index contributed by atoms with van der Waals surface area (Å²) in [7, 11) is 0. The Morgan fingerprint density at radius 1 is 1.35 bits per heavy atom. The predicted molar refractivity (Wildman–Crippen MR) is 102 cm³/mol. The highest BCUT2D eigenvalue weighted by Crippen LogP contribution is 2.07. The summed E-state index contributed by atoms with van der Waals surface area (Å²) in [6, 6.07) is 0. The third-order valence-corrected chi connectivity index (χ3v) is 3.57. The second-order valence-corrected chi connectivity index (χ2v) is 5.49. The molecule has 23 heavy (non-hydrogen) atoms. The Kier molecular flexibility index (Phi) is 8.97. The first kappa shape index (κ1) is 19.7. The molecule has 2 rings (SSSR count). The van der Waals surface area contributed by atoms with E-state index in [9.17, 15) is 4.79 Å². The van der Waals surface area contributed by atoms with Crippen molar-refractivity contribution in [3.05, 3.63) is 18.0 Å². The summed E-state index contributed by atoms with van der Waals surface area (Å²) < 4.78 is 1.89. The van der Waals surface area contributed by atoms with Crippen molar-refractivity contribution in [1.82, 2.24) is 25.3 Å². The number of hydrogen-bond donors (Lipinski definition) is 2. The summed E-state index contributed by atoms with van der Waals surface area (Å²) in [4.78, 5) is 18.3. The number of aryl methyl sites for hydroxylation is 1. The van der Waals surface area contributed by atoms with Crippen LogP contribution in [0.1, 0.15) is 25.3 Å². The molecule has 1 aliphatic heterocycles. The van der Waals surface area contributed by atoms with E-state index in [1.807, 2.05) is 35.8 Å². The number of rotatable bonds is 6. The number of aromatic nitrogens is 2. The van der Waals surface area contributed by atoms with Crippen LogP contribution in [0.2, 0.25) is 0 Å². The molecule has 7 nitrogen and oxygen atoms in total. The molecule has 0 spiro atoms. The van der Waals surface area contributed by atoms with E-state index >= 15 is 0 Å². The molecule has 2 N–H and O–H groups in total. The van der Waals surface area contributed by atoms with Crippen molar-refractivity contribution in [3.63, 3.8) is 0 Å². The number of aliphatic imine (C=N–C) groups is 1. The highest BCUT2D eigenvalue weighted by molar-refractivity contribution is 14.0. The third kappa shape index (κ3) is 6.76. The molecule has 0 unspecified atom stereocenters. The van der Waals surface area contributed by atoms with Crippen LogP contribution in [0, 0.1) is 6.92 Å². The first-order chi connectivity index (χ1) is 10.7. The molecule has 0 radical (unpaired) electrons. The topological polar surface area (TPSA) is 74.6 Å². The Morgan fingerprint density at radius 3 is 2.70 bits per heavy atom. The average molecular weight is 434 g/mol. The van der Waals surface area contributed by atoms with Crippen molar-refractivity contribution in [3.8, 4) is 0 Å². The van der Waals surface area contributed by atoms with E-state index in [0.717, 1.165) is 44.6 Å². The fourth-order valence-corrected chi connectivity index (χ4v) is 2.43. The summed E-state index contributed by atoms with van der Waals surface area (Å²) in [5, 5.41) is 10.6. The highest BCUT2D eigenvalue weighted by atomic mass is 127. The Bertz CT molecular complexity index is 510. The van der Waals surface area contributed by atoms with E-state index in [2.05, 4.69) is 20.7 Å². The molecule has 1 fully saturated rings. The first-order valence-corrected chi connectivity index (χ1v) is 7.98. The van der Waals surface area contributed by atoms with Crippen molar-refractivity contribution in [1.29, 1.82) is 0 Å². The molecule has 8 heteroatoms. The number of nitrogens with one attached hydrogen (secondary N) is 2. The van der Waals surface area contributed by atoms with Gasteiger partial charge < -0.3 is 15.5 Å². The lowest BCUT2D eigenvalue weighted by Crippen LogP contribution is -2.40. The van der Waals surface area contributed by atoms with Gasteiger partial charge in [-0.25, -0.2) is 4.99 Å². The van der Waals surface area contributed by atoms with Crippen LogP contribution < -0.4 is 10.6 Å². The van der Waals surface area contributed by atoms with Crippen molar-refractivity contribution in [2.45, 2.75) is 33.2 Å². The number of halogens is 1. The van der Waals surface area contributed by atoms with Gasteiger partial charge in [-0.15, -0.1) is 24.0 Å². The van der Waals surface area contributed by atoms with E-state index in [0.29, 0.717) is 12.5 Å². The van der Waals surface area contributed by atoms with Crippen LogP contribution in [0.4, 0.5) is 0 Å². The zero-order valence-electron chi connectivity index (χ0n) is 13.9. The van der Waals surface area contributed by atoms with Gasteiger partial charge in [0.25, 0.3) is 0 Å². The van der Waals surface area contributed by atoms with Crippen LogP contribution in [-0.2, 0) is 11.3 Å². The molecule has 1 amide bonds. The fourth-order valence-electron chi connectivity index (χ4n) is 2.43. The maximum Gasteiger partial charge on any atom is 0.244 e. The van der Waals surface area contributed by atoms with Crippen molar-refractivity contribution in [2.75, 3.05) is 32.7 Å². The van der Waals surface area contributed by atoms with Crippen LogP contribution in [0.25, 0.3) is 0 Å². The third-order valence-electron chi connectivity index (χ3n) is 3.57. The Balaban J connectivity index is 0.00000264. The van der Waals surface area contributed by atoms with E-state index < -0.39 is 0 Å². The summed E-state index contributed by atoms with van der Waals surface area (Å²) in [6.07, 6.45) is 6.06. The SMILES string of the molecule is CCNC(=NCC(=O)N1CCCC1)NCCn1cc(C)cn1.I. The lowest BCUT2D eigenvalue weighted by molar-refractivity contribution is -0.128. The summed E-state index contributed by atoms with van der Waals surface area (Å²) in [6.45, 7) is 8.22. The summed E-state index contributed by atoms with van der Waals surface area (Å²) in [5.74, 6) is 0.788. The molecule has 0 bridgehead atoms. The van der Waals surface area contributed by atoms with E-state index in [-0.39, 0.29) is 36.4 Å². The fraction of sp³-hybridized carbons (Fsp3) is 0.667. The van der Waals surface area contributed by atoms with Gasteiger partial charge in [-0.2, -0.15) is 5.10 Å². The molecule has 1 aromatic heterocycles. The highest BCUT2D eigenvalue weighted by Gasteiger charge is 2.17. The van der Waals surface area contributed by atoms with Crippen LogP contribution in [0.3, 0.4) is 0 Å². The first-order valence-electron chi connectivity index (χ1n) is 7.98. The van der Waals surface area contributed by atoms with Gasteiger partial charge in [0.1, 0.15) is 6.54 Å². The number of guanidine groups is 1. The molecular formula is C15H27IN6O. The molecule has 1 aliphatic rings. The second-order valence-electron chi connectivity index (χ2n) is 5.49. The number of nitrogens with zero attached hydrogens (tertiary/aromatic N) is 4. The van der Waals surface area contributed by atoms with Gasteiger partial charge in [0.05, 0.1) is 12.7 Å². The number of amides is 1. The van der Waals surface area contributed by atoms with E-state index in [1.165, 1.54) is 0 Å². The maximum absolute atomic E-state index is 12.0. The minimum Gasteiger partial charge on any atom is -0.357 e. The molecule has 0 atom stereocenters. The van der Waals surface area contributed by atoms with Gasteiger partial charge in [0.2, 0.25) is 5.91 Å². The normalized spacial score (nSPS) is 14.5. The van der Waals surface area contributed by atoms with E-state index in [4.69, 9.17) is 0 Å². The zero-order valence-corrected chi connectivity index (χ0v) is 16.2. The zero-order chi connectivity index (χ0) is 15.8. The number of likely N-dealkylation sites (tertiary alicyclic amines) is 1. The molecule has 0 aliphatic carbocycles. The standard InChI is InChI=1S/C15H26N6O.HI/c1-3-16-15(17-6-9-21-12-13(2)10-19-21)18-11-14(22)20-7-4-5-8-20;/h10,12H,3-9,11H2,1-2H3,(H2,16,17,18);1H. The molecule has 2 heterocycles. The summed E-state index contributed by atoms with van der Waals surface area (Å²) in [5.41, 5.74) is 1.15. The predicted octanol–water partition coefficient (Wildman–Crippen LogP) is 0.987. The lowest BCUT2D eigenvalue weighted by atomic mass is 10.4. The average Bonchev–Trinajstić information content (AvgIpc) is 3.16. The number of hydrogen-bond acceptors (Lipinski definition) is 3. The van der Waals surface area contributed by atoms with Gasteiger partial charge >= 0.3 is 0 Å². The van der Waals surface area contributed by atoms with E-state index in [1.54, 1.807) is 0 Å². The molecule has 0 aromatic carbocycles. The van der Waals surface area contributed by atoms with Crippen LogP contribution in [-0.4, -0.2) is 59.3 Å². The number of carbonyl (C=O) groups excluding carboxylic acids is 1. The smallest absolute Gasteiger partial charge is 0.244 e. The molecular weight excluding hydrogens is 407 g/mol. The minimum absolute atomic E-state index is 0. The molecule has 0 saturated carbocycles. The monoisotopic (exact) mass is 434 g/mol. The van der Waals surface area contributed by atoms with Crippen molar-refractivity contribution < 1.29 is 4.79 Å². The van der Waals surface area contributed by atoms with Crippen molar-refractivity contribution >= 4 is 35.8 Å². The summed E-state index contributed by atoms with van der Waals surface area (Å²) >= 11 is 0. The Labute approximate surface area is 154 Å².